The minimum absolute atomic E-state index is 0.932. The van der Waals surface area contributed by atoms with Crippen LogP contribution in [-0.4, -0.2) is 11.5 Å². The van der Waals surface area contributed by atoms with E-state index in [9.17, 15) is 0 Å². The number of hydrogen-bond acceptors (Lipinski definition) is 2. The van der Waals surface area contributed by atoms with Crippen LogP contribution in [-0.2, 0) is 19.3 Å². The summed E-state index contributed by atoms with van der Waals surface area (Å²) in [5, 5.41) is 3.59. The topological polar surface area (TPSA) is 24.9 Å². The van der Waals surface area contributed by atoms with Crippen LogP contribution < -0.4 is 5.32 Å². The van der Waals surface area contributed by atoms with Crippen molar-refractivity contribution in [2.24, 2.45) is 0 Å². The Morgan fingerprint density at radius 2 is 1.68 bits per heavy atom. The highest BCUT2D eigenvalue weighted by Gasteiger charge is 2.05. The van der Waals surface area contributed by atoms with E-state index in [0.29, 0.717) is 0 Å². The van der Waals surface area contributed by atoms with E-state index in [2.05, 4.69) is 48.4 Å². The van der Waals surface area contributed by atoms with Crippen molar-refractivity contribution >= 4 is 5.69 Å². The molecule has 100 valence electrons. The number of hydrogen-bond donors (Lipinski definition) is 1. The van der Waals surface area contributed by atoms with Crippen molar-refractivity contribution in [3.63, 3.8) is 0 Å². The number of benzene rings is 1. The van der Waals surface area contributed by atoms with E-state index in [4.69, 9.17) is 0 Å². The molecular weight excluding hydrogens is 232 g/mol. The maximum Gasteiger partial charge on any atom is 0.0421 e. The Labute approximate surface area is 115 Å². The highest BCUT2D eigenvalue weighted by Crippen LogP contribution is 2.22. The fourth-order valence-corrected chi connectivity index (χ4v) is 2.33. The van der Waals surface area contributed by atoms with E-state index in [1.165, 1.54) is 16.8 Å². The summed E-state index contributed by atoms with van der Waals surface area (Å²) in [5.41, 5.74) is 5.27. The van der Waals surface area contributed by atoms with E-state index in [0.717, 1.165) is 31.5 Å². The predicted molar refractivity (Wildman–Crippen MR) is 81.6 cm³/mol. The van der Waals surface area contributed by atoms with Gasteiger partial charge < -0.3 is 5.32 Å². The van der Waals surface area contributed by atoms with Crippen molar-refractivity contribution < 1.29 is 0 Å². The van der Waals surface area contributed by atoms with E-state index in [-0.39, 0.29) is 0 Å². The number of nitrogens with zero attached hydrogens (tertiary/aromatic N) is 1. The van der Waals surface area contributed by atoms with Crippen LogP contribution in [0.5, 0.6) is 0 Å². The molecule has 19 heavy (non-hydrogen) atoms. The second kappa shape index (κ2) is 6.93. The van der Waals surface area contributed by atoms with Crippen LogP contribution in [0.25, 0.3) is 0 Å². The number of nitrogens with one attached hydrogen (secondary N) is 1. The quantitative estimate of drug-likeness (QED) is 0.846. The Balaban J connectivity index is 2.02. The molecule has 0 saturated carbocycles. The van der Waals surface area contributed by atoms with E-state index in [1.807, 2.05) is 18.3 Å². The van der Waals surface area contributed by atoms with Crippen molar-refractivity contribution in [2.45, 2.75) is 33.1 Å². The zero-order valence-electron chi connectivity index (χ0n) is 11.8. The summed E-state index contributed by atoms with van der Waals surface area (Å²) in [6.45, 7) is 5.35. The first-order valence-electron chi connectivity index (χ1n) is 7.09. The first-order valence-corrected chi connectivity index (χ1v) is 7.09. The van der Waals surface area contributed by atoms with Crippen molar-refractivity contribution in [3.8, 4) is 0 Å². The van der Waals surface area contributed by atoms with Gasteiger partial charge in [0, 0.05) is 30.5 Å². The molecule has 2 aromatic rings. The van der Waals surface area contributed by atoms with Crippen molar-refractivity contribution in [1.82, 2.24) is 4.98 Å². The minimum atomic E-state index is 0.932. The Morgan fingerprint density at radius 1 is 0.947 bits per heavy atom. The zero-order chi connectivity index (χ0) is 13.5. The van der Waals surface area contributed by atoms with Crippen molar-refractivity contribution in [2.75, 3.05) is 11.9 Å². The summed E-state index contributed by atoms with van der Waals surface area (Å²) < 4.78 is 0. The van der Waals surface area contributed by atoms with Crippen molar-refractivity contribution in [1.29, 1.82) is 0 Å². The van der Waals surface area contributed by atoms with E-state index < -0.39 is 0 Å². The average molecular weight is 254 g/mol. The zero-order valence-corrected chi connectivity index (χ0v) is 11.8. The van der Waals surface area contributed by atoms with Gasteiger partial charge in [0.1, 0.15) is 0 Å². The molecule has 0 spiro atoms. The number of para-hydroxylation sites is 1. The molecule has 0 unspecified atom stereocenters. The molecule has 0 atom stereocenters. The Morgan fingerprint density at radius 3 is 2.26 bits per heavy atom. The first-order chi connectivity index (χ1) is 9.35. The molecule has 1 aromatic heterocycles. The van der Waals surface area contributed by atoms with E-state index in [1.54, 1.807) is 0 Å². The van der Waals surface area contributed by atoms with Gasteiger partial charge in [-0.05, 0) is 36.1 Å². The molecule has 1 heterocycles. The normalized spacial score (nSPS) is 10.4. The average Bonchev–Trinajstić information content (AvgIpc) is 2.48. The summed E-state index contributed by atoms with van der Waals surface area (Å²) in [6, 6.07) is 12.7. The maximum atomic E-state index is 4.36. The van der Waals surface area contributed by atoms with Gasteiger partial charge in [-0.1, -0.05) is 38.1 Å². The van der Waals surface area contributed by atoms with Crippen LogP contribution >= 0.6 is 0 Å². The number of aromatic nitrogens is 1. The lowest BCUT2D eigenvalue weighted by molar-refractivity contribution is 0.950. The standard InChI is InChI=1S/C17H22N2/c1-3-14-8-7-9-15(4-2)17(14)19-13-11-16-10-5-6-12-18-16/h5-10,12,19H,3-4,11,13H2,1-2H3. The SMILES string of the molecule is CCc1cccc(CC)c1NCCc1ccccn1. The largest absolute Gasteiger partial charge is 0.384 e. The second-order valence-electron chi connectivity index (χ2n) is 4.66. The third kappa shape index (κ3) is 3.57. The van der Waals surface area contributed by atoms with Crippen LogP contribution in [0.3, 0.4) is 0 Å². The molecular formula is C17H22N2. The van der Waals surface area contributed by atoms with Gasteiger partial charge in [-0.3, -0.25) is 4.98 Å². The molecule has 2 rings (SSSR count). The second-order valence-corrected chi connectivity index (χ2v) is 4.66. The number of rotatable bonds is 6. The van der Waals surface area contributed by atoms with Gasteiger partial charge in [-0.2, -0.15) is 0 Å². The lowest BCUT2D eigenvalue weighted by Gasteiger charge is -2.15. The Hall–Kier alpha value is -1.83. The molecule has 0 aliphatic carbocycles. The van der Waals surface area contributed by atoms with Crippen LogP contribution in [0.1, 0.15) is 30.7 Å². The number of anilines is 1. The van der Waals surface area contributed by atoms with Gasteiger partial charge in [-0.25, -0.2) is 0 Å². The molecule has 1 N–H and O–H groups in total. The first kappa shape index (κ1) is 13.6. The van der Waals surface area contributed by atoms with Gasteiger partial charge in [0.15, 0.2) is 0 Å². The van der Waals surface area contributed by atoms with Gasteiger partial charge in [-0.15, -0.1) is 0 Å². The monoisotopic (exact) mass is 254 g/mol. The third-order valence-electron chi connectivity index (χ3n) is 3.41. The van der Waals surface area contributed by atoms with Gasteiger partial charge in [0.2, 0.25) is 0 Å². The van der Waals surface area contributed by atoms with Crippen LogP contribution in [0, 0.1) is 0 Å². The van der Waals surface area contributed by atoms with Gasteiger partial charge in [0.05, 0.1) is 0 Å². The molecule has 0 aliphatic heterocycles. The van der Waals surface area contributed by atoms with Crippen LogP contribution in [0.2, 0.25) is 0 Å². The highest BCUT2D eigenvalue weighted by atomic mass is 14.9. The third-order valence-corrected chi connectivity index (χ3v) is 3.41. The molecule has 0 aliphatic rings. The maximum absolute atomic E-state index is 4.36. The lowest BCUT2D eigenvalue weighted by atomic mass is 10.0. The molecule has 0 radical (unpaired) electrons. The number of aryl methyl sites for hydroxylation is 2. The van der Waals surface area contributed by atoms with Gasteiger partial charge >= 0.3 is 0 Å². The lowest BCUT2D eigenvalue weighted by Crippen LogP contribution is -2.09. The summed E-state index contributed by atoms with van der Waals surface area (Å²) in [6.07, 6.45) is 4.95. The number of pyridine rings is 1. The molecule has 2 heteroatoms. The summed E-state index contributed by atoms with van der Waals surface area (Å²) in [4.78, 5) is 4.36. The molecule has 2 nitrogen and oxygen atoms in total. The Kier molecular flexibility index (Phi) is 4.96. The molecule has 1 aromatic carbocycles. The Bertz CT molecular complexity index is 484. The van der Waals surface area contributed by atoms with E-state index >= 15 is 0 Å². The summed E-state index contributed by atoms with van der Waals surface area (Å²) in [7, 11) is 0. The fraction of sp³-hybridized carbons (Fsp3) is 0.353. The van der Waals surface area contributed by atoms with Crippen LogP contribution in [0.15, 0.2) is 42.6 Å². The van der Waals surface area contributed by atoms with Crippen LogP contribution in [0.4, 0.5) is 5.69 Å². The molecule has 0 fully saturated rings. The highest BCUT2D eigenvalue weighted by molar-refractivity contribution is 5.57. The summed E-state index contributed by atoms with van der Waals surface area (Å²) >= 11 is 0. The fourth-order valence-electron chi connectivity index (χ4n) is 2.33. The summed E-state index contributed by atoms with van der Waals surface area (Å²) in [5.74, 6) is 0. The molecule has 0 amide bonds. The minimum Gasteiger partial charge on any atom is -0.384 e. The van der Waals surface area contributed by atoms with Crippen molar-refractivity contribution in [3.05, 3.63) is 59.4 Å². The smallest absolute Gasteiger partial charge is 0.0421 e. The predicted octanol–water partition coefficient (Wildman–Crippen LogP) is 3.86. The van der Waals surface area contributed by atoms with Gasteiger partial charge in [0.25, 0.3) is 0 Å². The molecule has 0 saturated heterocycles. The molecule has 0 bridgehead atoms.